The molecular weight excluding hydrogens is 264 g/mol. The highest BCUT2D eigenvalue weighted by molar-refractivity contribution is 5.80. The number of unbranched alkanes of at least 4 members (excludes halogenated alkanes) is 1. The van der Waals surface area contributed by atoms with Crippen LogP contribution in [0.15, 0.2) is 48.5 Å². The van der Waals surface area contributed by atoms with E-state index in [0.717, 1.165) is 0 Å². The molecule has 0 spiro atoms. The fourth-order valence-electron chi connectivity index (χ4n) is 2.72. The zero-order valence-electron chi connectivity index (χ0n) is 14.2. The summed E-state index contributed by atoms with van der Waals surface area (Å²) >= 11 is 0. The van der Waals surface area contributed by atoms with Gasteiger partial charge in [0.25, 0.3) is 0 Å². The van der Waals surface area contributed by atoms with Crippen LogP contribution in [0.5, 0.6) is 0 Å². The molecule has 0 bridgehead atoms. The third-order valence-corrected chi connectivity index (χ3v) is 4.13. The Hall–Kier alpha value is -1.82. The van der Waals surface area contributed by atoms with Gasteiger partial charge in [-0.15, -0.1) is 0 Å². The Labute approximate surface area is 135 Å². The van der Waals surface area contributed by atoms with Gasteiger partial charge in [-0.3, -0.25) is 0 Å². The van der Waals surface area contributed by atoms with E-state index in [1.165, 1.54) is 59.9 Å². The van der Waals surface area contributed by atoms with Gasteiger partial charge in [0, 0.05) is 0 Å². The van der Waals surface area contributed by atoms with Crippen LogP contribution in [-0.2, 0) is 12.8 Å². The van der Waals surface area contributed by atoms with Crippen molar-refractivity contribution in [2.45, 2.75) is 52.9 Å². The highest BCUT2D eigenvalue weighted by Crippen LogP contribution is 2.19. The van der Waals surface area contributed by atoms with Crippen molar-refractivity contribution in [3.05, 3.63) is 70.8 Å². The number of hydrogen-bond acceptors (Lipinski definition) is 0. The highest BCUT2D eigenvalue weighted by atomic mass is 14.0. The lowest BCUT2D eigenvalue weighted by molar-refractivity contribution is 0.795. The van der Waals surface area contributed by atoms with Crippen LogP contribution >= 0.6 is 0 Å². The van der Waals surface area contributed by atoms with Crippen molar-refractivity contribution >= 4 is 11.6 Å². The van der Waals surface area contributed by atoms with Crippen LogP contribution in [0, 0.1) is 0 Å². The standard InChI is InChI=1S/C22H28/c1-4-6-8-20-9-11-21(12-10-20)17-18(3)22-15-13-19(7-5-2)14-16-22/h9-17H,4-8H2,1-3H3/b18-17+. The molecule has 0 unspecified atom stereocenters. The van der Waals surface area contributed by atoms with Crippen LogP contribution in [-0.4, -0.2) is 0 Å². The molecule has 0 atom stereocenters. The van der Waals surface area contributed by atoms with Crippen LogP contribution in [0.4, 0.5) is 0 Å². The zero-order valence-corrected chi connectivity index (χ0v) is 14.2. The largest absolute Gasteiger partial charge is 0.0654 e. The summed E-state index contributed by atoms with van der Waals surface area (Å²) in [6, 6.07) is 18.0. The molecule has 0 amide bonds. The molecule has 0 aliphatic carbocycles. The molecule has 0 heteroatoms. The Morgan fingerprint density at radius 1 is 0.773 bits per heavy atom. The number of aryl methyl sites for hydroxylation is 2. The van der Waals surface area contributed by atoms with Crippen LogP contribution < -0.4 is 0 Å². The lowest BCUT2D eigenvalue weighted by Gasteiger charge is -2.05. The molecule has 0 aliphatic rings. The SMILES string of the molecule is CCCCc1ccc(/C=C(\C)c2ccc(CCC)cc2)cc1. The normalized spacial score (nSPS) is 11.7. The van der Waals surface area contributed by atoms with Crippen LogP contribution in [0.3, 0.4) is 0 Å². The molecule has 22 heavy (non-hydrogen) atoms. The van der Waals surface area contributed by atoms with Gasteiger partial charge in [0.1, 0.15) is 0 Å². The molecule has 0 heterocycles. The molecule has 2 aromatic rings. The minimum atomic E-state index is 1.17. The summed E-state index contributed by atoms with van der Waals surface area (Å²) in [5, 5.41) is 0. The summed E-state index contributed by atoms with van der Waals surface area (Å²) in [5.41, 5.74) is 6.80. The van der Waals surface area contributed by atoms with Crippen LogP contribution in [0.2, 0.25) is 0 Å². The van der Waals surface area contributed by atoms with Gasteiger partial charge >= 0.3 is 0 Å². The Kier molecular flexibility index (Phi) is 6.45. The van der Waals surface area contributed by atoms with E-state index in [2.05, 4.69) is 75.4 Å². The van der Waals surface area contributed by atoms with E-state index in [9.17, 15) is 0 Å². The van der Waals surface area contributed by atoms with Gasteiger partial charge in [-0.05, 0) is 54.0 Å². The molecule has 2 aromatic carbocycles. The second-order valence-electron chi connectivity index (χ2n) is 6.12. The Morgan fingerprint density at radius 2 is 1.36 bits per heavy atom. The van der Waals surface area contributed by atoms with E-state index in [1.54, 1.807) is 0 Å². The lowest BCUT2D eigenvalue weighted by atomic mass is 10.0. The van der Waals surface area contributed by atoms with Gasteiger partial charge in [0.2, 0.25) is 0 Å². The Bertz CT molecular complexity index is 585. The molecule has 0 nitrogen and oxygen atoms in total. The molecule has 0 fully saturated rings. The Morgan fingerprint density at radius 3 is 1.95 bits per heavy atom. The number of hydrogen-bond donors (Lipinski definition) is 0. The molecule has 0 N–H and O–H groups in total. The van der Waals surface area contributed by atoms with E-state index in [4.69, 9.17) is 0 Å². The summed E-state index contributed by atoms with van der Waals surface area (Å²) in [4.78, 5) is 0. The van der Waals surface area contributed by atoms with Crippen molar-refractivity contribution in [3.63, 3.8) is 0 Å². The maximum absolute atomic E-state index is 2.28. The van der Waals surface area contributed by atoms with Gasteiger partial charge in [-0.25, -0.2) is 0 Å². The van der Waals surface area contributed by atoms with E-state index < -0.39 is 0 Å². The maximum atomic E-state index is 2.28. The summed E-state index contributed by atoms with van der Waals surface area (Å²) in [7, 11) is 0. The molecule has 2 rings (SSSR count). The topological polar surface area (TPSA) is 0 Å². The first-order valence-electron chi connectivity index (χ1n) is 8.59. The average Bonchev–Trinajstić information content (AvgIpc) is 2.55. The molecule has 116 valence electrons. The van der Waals surface area contributed by atoms with Gasteiger partial charge in [-0.1, -0.05) is 81.3 Å². The second kappa shape index (κ2) is 8.58. The summed E-state index contributed by atoms with van der Waals surface area (Å²) < 4.78 is 0. The van der Waals surface area contributed by atoms with Crippen LogP contribution in [0.25, 0.3) is 11.6 Å². The second-order valence-corrected chi connectivity index (χ2v) is 6.12. The van der Waals surface area contributed by atoms with Gasteiger partial charge in [-0.2, -0.15) is 0 Å². The fourth-order valence-corrected chi connectivity index (χ4v) is 2.72. The third kappa shape index (κ3) is 4.87. The quantitative estimate of drug-likeness (QED) is 0.508. The fraction of sp³-hybridized carbons (Fsp3) is 0.364. The van der Waals surface area contributed by atoms with Crippen molar-refractivity contribution in [3.8, 4) is 0 Å². The molecule has 0 saturated carbocycles. The van der Waals surface area contributed by atoms with Crippen LogP contribution in [0.1, 0.15) is 62.3 Å². The first-order valence-corrected chi connectivity index (χ1v) is 8.59. The van der Waals surface area contributed by atoms with E-state index in [0.29, 0.717) is 0 Å². The minimum Gasteiger partial charge on any atom is -0.0654 e. The smallest absolute Gasteiger partial charge is 0.0227 e. The minimum absolute atomic E-state index is 1.17. The molecule has 0 aromatic heterocycles. The third-order valence-electron chi connectivity index (χ3n) is 4.13. The highest BCUT2D eigenvalue weighted by Gasteiger charge is 1.98. The maximum Gasteiger partial charge on any atom is -0.0227 e. The lowest BCUT2D eigenvalue weighted by Crippen LogP contribution is -1.86. The summed E-state index contributed by atoms with van der Waals surface area (Å²) in [5.74, 6) is 0. The Balaban J connectivity index is 2.07. The number of benzene rings is 2. The summed E-state index contributed by atoms with van der Waals surface area (Å²) in [6.07, 6.45) is 8.38. The summed E-state index contributed by atoms with van der Waals surface area (Å²) in [6.45, 7) is 6.66. The van der Waals surface area contributed by atoms with E-state index in [1.807, 2.05) is 0 Å². The van der Waals surface area contributed by atoms with Crippen molar-refractivity contribution < 1.29 is 0 Å². The molecule has 0 saturated heterocycles. The predicted octanol–water partition coefficient (Wildman–Crippen LogP) is 6.54. The predicted molar refractivity (Wildman–Crippen MR) is 99.0 cm³/mol. The number of rotatable bonds is 7. The average molecular weight is 292 g/mol. The van der Waals surface area contributed by atoms with Crippen molar-refractivity contribution in [1.29, 1.82) is 0 Å². The van der Waals surface area contributed by atoms with E-state index in [-0.39, 0.29) is 0 Å². The van der Waals surface area contributed by atoms with Crippen molar-refractivity contribution in [1.82, 2.24) is 0 Å². The van der Waals surface area contributed by atoms with Gasteiger partial charge in [0.05, 0.1) is 0 Å². The number of allylic oxidation sites excluding steroid dienone is 1. The zero-order chi connectivity index (χ0) is 15.8. The first-order chi connectivity index (χ1) is 10.7. The van der Waals surface area contributed by atoms with E-state index >= 15 is 0 Å². The monoisotopic (exact) mass is 292 g/mol. The van der Waals surface area contributed by atoms with Gasteiger partial charge < -0.3 is 0 Å². The molecule has 0 radical (unpaired) electrons. The first kappa shape index (κ1) is 16.5. The van der Waals surface area contributed by atoms with Gasteiger partial charge in [0.15, 0.2) is 0 Å². The molecule has 0 aliphatic heterocycles. The van der Waals surface area contributed by atoms with Crippen molar-refractivity contribution in [2.75, 3.05) is 0 Å². The van der Waals surface area contributed by atoms with Crippen molar-refractivity contribution in [2.24, 2.45) is 0 Å². The molecular formula is C22H28.